The zero-order chi connectivity index (χ0) is 14.3. The standard InChI is InChI=1S/C14H17N3O2S/c1-14(2)8-17(5-6-19-14)13(18)12-11(15)9-3-4-16-7-10(9)20-12/h3-4,7H,5-6,8,15H2,1-2H3. The predicted molar refractivity (Wildman–Crippen MR) is 80.0 cm³/mol. The molecule has 3 rings (SSSR count). The molecule has 2 N–H and O–H groups in total. The summed E-state index contributed by atoms with van der Waals surface area (Å²) in [6.45, 7) is 5.73. The molecule has 0 atom stereocenters. The molecule has 6 heteroatoms. The number of thiophene rings is 1. The number of morpholine rings is 1. The normalized spacial score (nSPS) is 18.4. The SMILES string of the molecule is CC1(C)CN(C(=O)c2sc3cnccc3c2N)CCO1. The second-order valence-corrected chi connectivity index (χ2v) is 6.60. The molecule has 1 fully saturated rings. The second-order valence-electron chi connectivity index (χ2n) is 5.55. The summed E-state index contributed by atoms with van der Waals surface area (Å²) in [7, 11) is 0. The second kappa shape index (κ2) is 4.71. The number of nitrogens with zero attached hydrogens (tertiary/aromatic N) is 2. The Morgan fingerprint density at radius 1 is 1.55 bits per heavy atom. The van der Waals surface area contributed by atoms with Crippen molar-refractivity contribution in [3.63, 3.8) is 0 Å². The minimum Gasteiger partial charge on any atom is -0.397 e. The molecule has 0 aromatic carbocycles. The van der Waals surface area contributed by atoms with Crippen LogP contribution >= 0.6 is 11.3 Å². The van der Waals surface area contributed by atoms with Crippen molar-refractivity contribution >= 4 is 33.0 Å². The number of hydrogen-bond donors (Lipinski definition) is 1. The van der Waals surface area contributed by atoms with E-state index >= 15 is 0 Å². The topological polar surface area (TPSA) is 68.5 Å². The van der Waals surface area contributed by atoms with Crippen LogP contribution in [0.5, 0.6) is 0 Å². The Bertz CT molecular complexity index is 665. The maximum absolute atomic E-state index is 12.7. The summed E-state index contributed by atoms with van der Waals surface area (Å²) in [5.74, 6) is -0.0138. The molecule has 0 saturated carbocycles. The van der Waals surface area contributed by atoms with Gasteiger partial charge in [-0.05, 0) is 19.9 Å². The molecule has 1 aliphatic heterocycles. The summed E-state index contributed by atoms with van der Waals surface area (Å²) in [6.07, 6.45) is 3.44. The van der Waals surface area contributed by atoms with Crippen LogP contribution in [0.3, 0.4) is 0 Å². The van der Waals surface area contributed by atoms with Crippen molar-refractivity contribution < 1.29 is 9.53 Å². The number of nitrogens with two attached hydrogens (primary N) is 1. The van der Waals surface area contributed by atoms with Crippen molar-refractivity contribution in [1.82, 2.24) is 9.88 Å². The first-order valence-electron chi connectivity index (χ1n) is 6.53. The molecular weight excluding hydrogens is 274 g/mol. The highest BCUT2D eigenvalue weighted by atomic mass is 32.1. The first kappa shape index (κ1) is 13.3. The molecular formula is C14H17N3O2S. The van der Waals surface area contributed by atoms with Crippen molar-refractivity contribution in [2.75, 3.05) is 25.4 Å². The molecule has 0 radical (unpaired) electrons. The van der Waals surface area contributed by atoms with Gasteiger partial charge < -0.3 is 15.4 Å². The lowest BCUT2D eigenvalue weighted by atomic mass is 10.1. The smallest absolute Gasteiger partial charge is 0.266 e. The molecule has 2 aromatic rings. The van der Waals surface area contributed by atoms with Crippen LogP contribution < -0.4 is 5.73 Å². The number of ether oxygens (including phenoxy) is 1. The summed E-state index contributed by atoms with van der Waals surface area (Å²) in [5, 5.41) is 0.904. The Labute approximate surface area is 121 Å². The Morgan fingerprint density at radius 2 is 2.35 bits per heavy atom. The molecule has 5 nitrogen and oxygen atoms in total. The van der Waals surface area contributed by atoms with E-state index in [4.69, 9.17) is 10.5 Å². The number of rotatable bonds is 1. The van der Waals surface area contributed by atoms with Crippen LogP contribution in [0.1, 0.15) is 23.5 Å². The monoisotopic (exact) mass is 291 g/mol. The van der Waals surface area contributed by atoms with Gasteiger partial charge in [-0.2, -0.15) is 0 Å². The van der Waals surface area contributed by atoms with E-state index < -0.39 is 0 Å². The molecule has 20 heavy (non-hydrogen) atoms. The highest BCUT2D eigenvalue weighted by Crippen LogP contribution is 2.34. The lowest BCUT2D eigenvalue weighted by Crippen LogP contribution is -2.50. The molecule has 106 valence electrons. The third-order valence-corrected chi connectivity index (χ3v) is 4.58. The zero-order valence-electron chi connectivity index (χ0n) is 11.5. The Kier molecular flexibility index (Phi) is 3.14. The minimum absolute atomic E-state index is 0.0138. The van der Waals surface area contributed by atoms with E-state index in [1.807, 2.05) is 24.8 Å². The van der Waals surface area contributed by atoms with Gasteiger partial charge in [0.1, 0.15) is 4.88 Å². The average molecular weight is 291 g/mol. The van der Waals surface area contributed by atoms with Crippen LogP contribution in [-0.4, -0.2) is 41.1 Å². The number of pyridine rings is 1. The number of fused-ring (bicyclic) bond motifs is 1. The molecule has 3 heterocycles. The van der Waals surface area contributed by atoms with Gasteiger partial charge in [0.05, 0.1) is 22.6 Å². The lowest BCUT2D eigenvalue weighted by molar-refractivity contribution is -0.0762. The number of aromatic nitrogens is 1. The first-order valence-corrected chi connectivity index (χ1v) is 7.35. The van der Waals surface area contributed by atoms with E-state index in [9.17, 15) is 4.79 Å². The average Bonchev–Trinajstić information content (AvgIpc) is 2.75. The van der Waals surface area contributed by atoms with Gasteiger partial charge >= 0.3 is 0 Å². The van der Waals surface area contributed by atoms with Crippen molar-refractivity contribution in [1.29, 1.82) is 0 Å². The van der Waals surface area contributed by atoms with Gasteiger partial charge in [0, 0.05) is 30.9 Å². The largest absolute Gasteiger partial charge is 0.397 e. The fourth-order valence-electron chi connectivity index (χ4n) is 2.46. The van der Waals surface area contributed by atoms with Gasteiger partial charge in [0.25, 0.3) is 5.91 Å². The van der Waals surface area contributed by atoms with Crippen molar-refractivity contribution in [2.45, 2.75) is 19.4 Å². The molecule has 1 aliphatic rings. The minimum atomic E-state index is -0.305. The summed E-state index contributed by atoms with van der Waals surface area (Å²) >= 11 is 1.41. The maximum atomic E-state index is 12.7. The highest BCUT2D eigenvalue weighted by Gasteiger charge is 2.32. The molecule has 0 bridgehead atoms. The Morgan fingerprint density at radius 3 is 3.05 bits per heavy atom. The third-order valence-electron chi connectivity index (χ3n) is 3.44. The Balaban J connectivity index is 1.94. The number of carbonyl (C=O) groups is 1. The fourth-order valence-corrected chi connectivity index (χ4v) is 3.52. The summed E-state index contributed by atoms with van der Waals surface area (Å²) < 4.78 is 6.58. The third kappa shape index (κ3) is 2.25. The van der Waals surface area contributed by atoms with Crippen LogP contribution in [0.4, 0.5) is 5.69 Å². The number of amides is 1. The van der Waals surface area contributed by atoms with Crippen LogP contribution in [0.15, 0.2) is 18.5 Å². The van der Waals surface area contributed by atoms with Gasteiger partial charge in [-0.3, -0.25) is 9.78 Å². The van der Waals surface area contributed by atoms with Gasteiger partial charge in [-0.1, -0.05) is 0 Å². The highest BCUT2D eigenvalue weighted by molar-refractivity contribution is 7.21. The maximum Gasteiger partial charge on any atom is 0.266 e. The molecule has 1 amide bonds. The molecule has 2 aromatic heterocycles. The summed E-state index contributed by atoms with van der Waals surface area (Å²) in [4.78, 5) is 19.2. The van der Waals surface area contributed by atoms with E-state index in [0.717, 1.165) is 10.1 Å². The molecule has 1 saturated heterocycles. The lowest BCUT2D eigenvalue weighted by Gasteiger charge is -2.38. The summed E-state index contributed by atoms with van der Waals surface area (Å²) in [5.41, 5.74) is 6.37. The Hall–Kier alpha value is -1.66. The number of hydrogen-bond acceptors (Lipinski definition) is 5. The molecule has 0 aliphatic carbocycles. The van der Waals surface area contributed by atoms with Crippen molar-refractivity contribution in [3.05, 3.63) is 23.3 Å². The van der Waals surface area contributed by atoms with Gasteiger partial charge in [-0.15, -0.1) is 11.3 Å². The van der Waals surface area contributed by atoms with E-state index in [2.05, 4.69) is 4.98 Å². The molecule has 0 spiro atoms. The van der Waals surface area contributed by atoms with Crippen LogP contribution in [-0.2, 0) is 4.74 Å². The van der Waals surface area contributed by atoms with E-state index in [1.54, 1.807) is 12.4 Å². The quantitative estimate of drug-likeness (QED) is 0.874. The zero-order valence-corrected chi connectivity index (χ0v) is 12.4. The summed E-state index contributed by atoms with van der Waals surface area (Å²) in [6, 6.07) is 1.85. The first-order chi connectivity index (χ1) is 9.48. The number of anilines is 1. The van der Waals surface area contributed by atoms with E-state index in [1.165, 1.54) is 11.3 Å². The van der Waals surface area contributed by atoms with E-state index in [-0.39, 0.29) is 11.5 Å². The molecule has 0 unspecified atom stereocenters. The number of carbonyl (C=O) groups excluding carboxylic acids is 1. The van der Waals surface area contributed by atoms with Crippen molar-refractivity contribution in [3.8, 4) is 0 Å². The van der Waals surface area contributed by atoms with E-state index in [0.29, 0.717) is 30.3 Å². The van der Waals surface area contributed by atoms with Crippen molar-refractivity contribution in [2.24, 2.45) is 0 Å². The predicted octanol–water partition coefficient (Wildman–Crippen LogP) is 2.13. The van der Waals surface area contributed by atoms with Crippen LogP contribution in [0, 0.1) is 0 Å². The number of nitrogen functional groups attached to an aromatic ring is 1. The fraction of sp³-hybridized carbons (Fsp3) is 0.429. The van der Waals surface area contributed by atoms with Gasteiger partial charge in [0.2, 0.25) is 0 Å². The van der Waals surface area contributed by atoms with Crippen LogP contribution in [0.25, 0.3) is 10.1 Å². The van der Waals surface area contributed by atoms with Crippen LogP contribution in [0.2, 0.25) is 0 Å². The van der Waals surface area contributed by atoms with Gasteiger partial charge in [-0.25, -0.2) is 0 Å². The van der Waals surface area contributed by atoms with Gasteiger partial charge in [0.15, 0.2) is 0 Å².